The number of hydrogen-bond acceptors (Lipinski definition) is 4. The molecule has 1 amide bonds. The molecule has 4 rings (SSSR count). The molecule has 0 saturated carbocycles. The van der Waals surface area contributed by atoms with Crippen LogP contribution in [0.3, 0.4) is 0 Å². The second-order valence-corrected chi connectivity index (χ2v) is 6.86. The van der Waals surface area contributed by atoms with Crippen molar-refractivity contribution in [2.45, 2.75) is 19.9 Å². The van der Waals surface area contributed by atoms with Gasteiger partial charge in [-0.3, -0.25) is 4.79 Å². The van der Waals surface area contributed by atoms with Crippen molar-refractivity contribution in [2.24, 2.45) is 5.10 Å². The Morgan fingerprint density at radius 1 is 1.03 bits per heavy atom. The number of ether oxygens (including phenoxy) is 1. The molecule has 6 nitrogen and oxygen atoms in total. The molecule has 1 heterocycles. The molecule has 2 N–H and O–H groups in total. The number of phenols is 1. The summed E-state index contributed by atoms with van der Waals surface area (Å²) in [6.07, 6.45) is 1.70. The highest BCUT2D eigenvalue weighted by atomic mass is 16.5. The fourth-order valence-corrected chi connectivity index (χ4v) is 3.60. The minimum atomic E-state index is -0.200. The lowest BCUT2D eigenvalue weighted by molar-refractivity contribution is -0.121. The maximum absolute atomic E-state index is 12.3. The van der Waals surface area contributed by atoms with Crippen molar-refractivity contribution >= 4 is 33.9 Å². The summed E-state index contributed by atoms with van der Waals surface area (Å²) in [6.45, 7) is 2.84. The van der Waals surface area contributed by atoms with Crippen molar-refractivity contribution < 1.29 is 14.6 Å². The van der Waals surface area contributed by atoms with Gasteiger partial charge in [-0.25, -0.2) is 5.43 Å². The molecule has 0 bridgehead atoms. The van der Waals surface area contributed by atoms with Gasteiger partial charge in [-0.2, -0.15) is 5.10 Å². The summed E-state index contributed by atoms with van der Waals surface area (Å²) in [7, 11) is 0. The van der Waals surface area contributed by atoms with Crippen LogP contribution in [0.5, 0.6) is 11.5 Å². The zero-order valence-electron chi connectivity index (χ0n) is 16.7. The summed E-state index contributed by atoms with van der Waals surface area (Å²) in [4.78, 5) is 12.3. The number of phenolic OH excluding ortho intramolecular Hbond substituents is 1. The van der Waals surface area contributed by atoms with Crippen LogP contribution in [-0.2, 0) is 11.3 Å². The Kier molecular flexibility index (Phi) is 5.66. The smallest absolute Gasteiger partial charge is 0.241 e. The molecule has 0 spiro atoms. The molecular weight excluding hydrogens is 378 g/mol. The SMILES string of the molecule is CCOc1cccc(C=NNC(=O)CCn2c3ccccc3c3ccccc32)c1O. The zero-order chi connectivity index (χ0) is 20.9. The second-order valence-electron chi connectivity index (χ2n) is 6.86. The Morgan fingerprint density at radius 3 is 2.37 bits per heavy atom. The zero-order valence-corrected chi connectivity index (χ0v) is 16.7. The number of nitrogens with one attached hydrogen (secondary N) is 1. The summed E-state index contributed by atoms with van der Waals surface area (Å²) in [5, 5.41) is 16.5. The standard InChI is InChI=1S/C24H23N3O3/c1-2-30-22-13-7-8-17(24(22)29)16-25-26-23(28)14-15-27-20-11-5-3-9-18(20)19-10-4-6-12-21(19)27/h3-13,16,29H,2,14-15H2,1H3,(H,26,28). The van der Waals surface area contributed by atoms with Crippen molar-refractivity contribution in [1.82, 2.24) is 9.99 Å². The van der Waals surface area contributed by atoms with Gasteiger partial charge in [0, 0.05) is 40.3 Å². The number of fused-ring (bicyclic) bond motifs is 3. The quantitative estimate of drug-likeness (QED) is 0.355. The highest BCUT2D eigenvalue weighted by molar-refractivity contribution is 6.08. The molecule has 0 aliphatic carbocycles. The Morgan fingerprint density at radius 2 is 1.70 bits per heavy atom. The summed E-state index contributed by atoms with van der Waals surface area (Å²) in [5.74, 6) is 0.190. The molecule has 30 heavy (non-hydrogen) atoms. The van der Waals surface area contributed by atoms with Crippen molar-refractivity contribution in [2.75, 3.05) is 6.61 Å². The van der Waals surface area contributed by atoms with E-state index in [9.17, 15) is 9.90 Å². The maximum atomic E-state index is 12.3. The highest BCUT2D eigenvalue weighted by Gasteiger charge is 2.11. The highest BCUT2D eigenvalue weighted by Crippen LogP contribution is 2.29. The number of aromatic hydroxyl groups is 1. The first kappa shape index (κ1) is 19.5. The topological polar surface area (TPSA) is 75.8 Å². The molecule has 0 aliphatic heterocycles. The molecule has 0 fully saturated rings. The van der Waals surface area contributed by atoms with Gasteiger partial charge in [0.25, 0.3) is 0 Å². The number of hydrazone groups is 1. The molecule has 0 aliphatic rings. The average Bonchev–Trinajstić information content (AvgIpc) is 3.09. The third-order valence-electron chi connectivity index (χ3n) is 4.97. The number of rotatable bonds is 7. The fraction of sp³-hybridized carbons (Fsp3) is 0.167. The number of benzene rings is 3. The number of para-hydroxylation sites is 3. The molecule has 0 atom stereocenters. The van der Waals surface area contributed by atoms with Gasteiger partial charge < -0.3 is 14.4 Å². The summed E-state index contributed by atoms with van der Waals surface area (Å²) < 4.78 is 7.51. The first-order chi connectivity index (χ1) is 14.7. The van der Waals surface area contributed by atoms with Crippen LogP contribution in [-0.4, -0.2) is 28.4 Å². The van der Waals surface area contributed by atoms with Gasteiger partial charge in [-0.1, -0.05) is 42.5 Å². The van der Waals surface area contributed by atoms with Crippen LogP contribution in [0, 0.1) is 0 Å². The number of aryl methyl sites for hydroxylation is 1. The van der Waals surface area contributed by atoms with E-state index in [1.165, 1.54) is 17.0 Å². The fourth-order valence-electron chi connectivity index (χ4n) is 3.60. The number of carbonyl (C=O) groups is 1. The van der Waals surface area contributed by atoms with E-state index in [1.54, 1.807) is 18.2 Å². The van der Waals surface area contributed by atoms with Crippen molar-refractivity contribution in [3.8, 4) is 11.5 Å². The Bertz CT molecular complexity index is 1170. The number of aromatic nitrogens is 1. The average molecular weight is 401 g/mol. The van der Waals surface area contributed by atoms with Crippen LogP contribution in [0.2, 0.25) is 0 Å². The normalized spacial score (nSPS) is 11.4. The first-order valence-electron chi connectivity index (χ1n) is 9.91. The molecule has 1 aromatic heterocycles. The molecular formula is C24H23N3O3. The summed E-state index contributed by atoms with van der Waals surface area (Å²) >= 11 is 0. The minimum Gasteiger partial charge on any atom is -0.504 e. The Balaban J connectivity index is 1.45. The van der Waals surface area contributed by atoms with Gasteiger partial charge in [0.05, 0.1) is 12.8 Å². The predicted molar refractivity (Wildman–Crippen MR) is 119 cm³/mol. The summed E-state index contributed by atoms with van der Waals surface area (Å²) in [6, 6.07) is 21.5. The van der Waals surface area contributed by atoms with Crippen LogP contribution >= 0.6 is 0 Å². The second kappa shape index (κ2) is 8.69. The van der Waals surface area contributed by atoms with E-state index in [-0.39, 0.29) is 18.1 Å². The van der Waals surface area contributed by atoms with Gasteiger partial charge in [0.15, 0.2) is 11.5 Å². The third kappa shape index (κ3) is 3.85. The predicted octanol–water partition coefficient (Wildman–Crippen LogP) is 4.44. The number of hydrogen-bond donors (Lipinski definition) is 2. The molecule has 0 unspecified atom stereocenters. The van der Waals surface area contributed by atoms with E-state index in [0.717, 1.165) is 11.0 Å². The van der Waals surface area contributed by atoms with Crippen LogP contribution in [0.1, 0.15) is 18.9 Å². The molecule has 3 aromatic carbocycles. The third-order valence-corrected chi connectivity index (χ3v) is 4.97. The maximum Gasteiger partial charge on any atom is 0.241 e. The van der Waals surface area contributed by atoms with Gasteiger partial charge in [-0.15, -0.1) is 0 Å². The van der Waals surface area contributed by atoms with Crippen molar-refractivity contribution in [1.29, 1.82) is 0 Å². The van der Waals surface area contributed by atoms with E-state index in [4.69, 9.17) is 4.74 Å². The van der Waals surface area contributed by atoms with Gasteiger partial charge in [0.2, 0.25) is 5.91 Å². The van der Waals surface area contributed by atoms with Gasteiger partial charge in [-0.05, 0) is 31.2 Å². The number of amides is 1. The van der Waals surface area contributed by atoms with Crippen molar-refractivity contribution in [3.63, 3.8) is 0 Å². The van der Waals surface area contributed by atoms with E-state index < -0.39 is 0 Å². The molecule has 6 heteroatoms. The molecule has 4 aromatic rings. The van der Waals surface area contributed by atoms with Crippen molar-refractivity contribution in [3.05, 3.63) is 72.3 Å². The molecule has 0 radical (unpaired) electrons. The Labute approximate surface area is 174 Å². The lowest BCUT2D eigenvalue weighted by Crippen LogP contribution is -2.19. The largest absolute Gasteiger partial charge is 0.504 e. The molecule has 152 valence electrons. The minimum absolute atomic E-state index is 0.00243. The molecule has 0 saturated heterocycles. The van der Waals surface area contributed by atoms with Crippen LogP contribution in [0.15, 0.2) is 71.8 Å². The first-order valence-corrected chi connectivity index (χ1v) is 9.91. The number of carbonyl (C=O) groups excluding carboxylic acids is 1. The summed E-state index contributed by atoms with van der Waals surface area (Å²) in [5.41, 5.74) is 5.22. The van der Waals surface area contributed by atoms with Crippen LogP contribution in [0.25, 0.3) is 21.8 Å². The lowest BCUT2D eigenvalue weighted by atomic mass is 10.2. The van der Waals surface area contributed by atoms with Gasteiger partial charge in [0.1, 0.15) is 0 Å². The van der Waals surface area contributed by atoms with E-state index in [0.29, 0.717) is 24.5 Å². The van der Waals surface area contributed by atoms with E-state index in [1.807, 2.05) is 31.2 Å². The van der Waals surface area contributed by atoms with Crippen LogP contribution in [0.4, 0.5) is 0 Å². The number of nitrogens with zero attached hydrogens (tertiary/aromatic N) is 2. The monoisotopic (exact) mass is 401 g/mol. The lowest BCUT2D eigenvalue weighted by Gasteiger charge is -2.08. The van der Waals surface area contributed by atoms with Crippen LogP contribution < -0.4 is 10.2 Å². The van der Waals surface area contributed by atoms with E-state index in [2.05, 4.69) is 39.4 Å². The Hall–Kier alpha value is -3.80. The van der Waals surface area contributed by atoms with Gasteiger partial charge >= 0.3 is 0 Å². The van der Waals surface area contributed by atoms with E-state index >= 15 is 0 Å².